The molecule has 1 aromatic rings. The summed E-state index contributed by atoms with van der Waals surface area (Å²) in [6, 6.07) is 0. The minimum Gasteiger partial charge on any atom is -0.425 e. The quantitative estimate of drug-likeness (QED) is 0.650. The Balaban J connectivity index is 2.20. The second kappa shape index (κ2) is 7.36. The number of nitrogens with zero attached hydrogens (tertiary/aromatic N) is 2. The molecule has 0 saturated heterocycles. The van der Waals surface area contributed by atoms with Crippen molar-refractivity contribution in [2.75, 3.05) is 19.8 Å². The van der Waals surface area contributed by atoms with Crippen LogP contribution >= 0.6 is 0 Å². The molecule has 0 bridgehead atoms. The number of ether oxygens (including phenoxy) is 1. The molecule has 0 amide bonds. The van der Waals surface area contributed by atoms with Crippen LogP contribution in [0.4, 0.5) is 0 Å². The summed E-state index contributed by atoms with van der Waals surface area (Å²) in [5.74, 6) is 1.32. The normalized spacial score (nSPS) is 10.8. The van der Waals surface area contributed by atoms with E-state index >= 15 is 0 Å². The first-order chi connectivity index (χ1) is 7.36. The van der Waals surface area contributed by atoms with Crippen molar-refractivity contribution in [3.8, 4) is 0 Å². The number of hydrogen-bond donors (Lipinski definition) is 1. The molecule has 5 heteroatoms. The molecule has 0 aliphatic heterocycles. The molecule has 0 saturated carbocycles. The highest BCUT2D eigenvalue weighted by molar-refractivity contribution is 4.82. The van der Waals surface area contributed by atoms with E-state index in [2.05, 4.69) is 17.1 Å². The van der Waals surface area contributed by atoms with Gasteiger partial charge in [0.2, 0.25) is 11.8 Å². The summed E-state index contributed by atoms with van der Waals surface area (Å²) in [6.07, 6.45) is 3.37. The van der Waals surface area contributed by atoms with Gasteiger partial charge in [-0.05, 0) is 19.4 Å². The van der Waals surface area contributed by atoms with Gasteiger partial charge in [-0.1, -0.05) is 6.92 Å². The van der Waals surface area contributed by atoms with Crippen molar-refractivity contribution >= 4 is 0 Å². The van der Waals surface area contributed by atoms with Crippen molar-refractivity contribution in [1.29, 1.82) is 0 Å². The zero-order chi connectivity index (χ0) is 10.9. The van der Waals surface area contributed by atoms with Gasteiger partial charge >= 0.3 is 0 Å². The van der Waals surface area contributed by atoms with E-state index in [1.165, 1.54) is 0 Å². The number of aromatic nitrogens is 2. The van der Waals surface area contributed by atoms with Crippen molar-refractivity contribution < 1.29 is 9.15 Å². The van der Waals surface area contributed by atoms with Crippen molar-refractivity contribution in [2.24, 2.45) is 5.73 Å². The Labute approximate surface area is 90.0 Å². The number of rotatable bonds is 8. The molecule has 5 nitrogen and oxygen atoms in total. The van der Waals surface area contributed by atoms with E-state index in [1.807, 2.05) is 0 Å². The van der Waals surface area contributed by atoms with Gasteiger partial charge < -0.3 is 14.9 Å². The Morgan fingerprint density at radius 1 is 1.20 bits per heavy atom. The molecule has 0 spiro atoms. The standard InChI is InChI=1S/C10H19N3O2/c1-2-7-14-8-5-10-13-12-9(15-10)4-3-6-11/h2-8,11H2,1H3. The van der Waals surface area contributed by atoms with Crippen LogP contribution in [0.1, 0.15) is 31.5 Å². The Morgan fingerprint density at radius 3 is 2.60 bits per heavy atom. The van der Waals surface area contributed by atoms with E-state index in [0.29, 0.717) is 31.4 Å². The molecule has 1 aromatic heterocycles. The summed E-state index contributed by atoms with van der Waals surface area (Å²) in [7, 11) is 0. The van der Waals surface area contributed by atoms with Gasteiger partial charge in [-0.3, -0.25) is 0 Å². The highest BCUT2D eigenvalue weighted by atomic mass is 16.5. The van der Waals surface area contributed by atoms with Crippen molar-refractivity contribution in [3.63, 3.8) is 0 Å². The molecular formula is C10H19N3O2. The van der Waals surface area contributed by atoms with Crippen LogP contribution in [0, 0.1) is 0 Å². The van der Waals surface area contributed by atoms with Crippen LogP contribution in [0.25, 0.3) is 0 Å². The average Bonchev–Trinajstić information content (AvgIpc) is 2.69. The van der Waals surface area contributed by atoms with Crippen molar-refractivity contribution in [1.82, 2.24) is 10.2 Å². The highest BCUT2D eigenvalue weighted by Gasteiger charge is 2.04. The molecule has 2 N–H and O–H groups in total. The second-order valence-electron chi connectivity index (χ2n) is 3.34. The van der Waals surface area contributed by atoms with E-state index in [-0.39, 0.29) is 0 Å². The topological polar surface area (TPSA) is 74.2 Å². The summed E-state index contributed by atoms with van der Waals surface area (Å²) >= 11 is 0. The summed E-state index contributed by atoms with van der Waals surface area (Å²) < 4.78 is 10.7. The fraction of sp³-hybridized carbons (Fsp3) is 0.800. The Bertz CT molecular complexity index is 263. The van der Waals surface area contributed by atoms with E-state index in [1.54, 1.807) is 0 Å². The molecule has 0 radical (unpaired) electrons. The van der Waals surface area contributed by atoms with E-state index in [9.17, 15) is 0 Å². The summed E-state index contributed by atoms with van der Waals surface area (Å²) in [4.78, 5) is 0. The maximum atomic E-state index is 5.41. The average molecular weight is 213 g/mol. The molecule has 0 aliphatic carbocycles. The molecule has 15 heavy (non-hydrogen) atoms. The SMILES string of the molecule is CCCOCCc1nnc(CCCN)o1. The van der Waals surface area contributed by atoms with Gasteiger partial charge in [-0.2, -0.15) is 0 Å². The van der Waals surface area contributed by atoms with Crippen LogP contribution in [-0.2, 0) is 17.6 Å². The Morgan fingerprint density at radius 2 is 1.93 bits per heavy atom. The monoisotopic (exact) mass is 213 g/mol. The first kappa shape index (κ1) is 12.1. The lowest BCUT2D eigenvalue weighted by atomic mass is 10.3. The van der Waals surface area contributed by atoms with Crippen LogP contribution in [0.2, 0.25) is 0 Å². The molecule has 1 heterocycles. The fourth-order valence-corrected chi connectivity index (χ4v) is 1.15. The predicted molar refractivity (Wildman–Crippen MR) is 56.5 cm³/mol. The lowest BCUT2D eigenvalue weighted by molar-refractivity contribution is 0.133. The smallest absolute Gasteiger partial charge is 0.218 e. The number of aryl methyl sites for hydroxylation is 1. The second-order valence-corrected chi connectivity index (χ2v) is 3.34. The van der Waals surface area contributed by atoms with Crippen LogP contribution in [0.3, 0.4) is 0 Å². The molecule has 0 fully saturated rings. The fourth-order valence-electron chi connectivity index (χ4n) is 1.15. The molecule has 0 aromatic carbocycles. The van der Waals surface area contributed by atoms with Gasteiger partial charge in [0.15, 0.2) is 0 Å². The zero-order valence-electron chi connectivity index (χ0n) is 9.24. The van der Waals surface area contributed by atoms with E-state index < -0.39 is 0 Å². The van der Waals surface area contributed by atoms with Gasteiger partial charge in [0.25, 0.3) is 0 Å². The van der Waals surface area contributed by atoms with Crippen LogP contribution in [0.5, 0.6) is 0 Å². The summed E-state index contributed by atoms with van der Waals surface area (Å²) in [5, 5.41) is 7.85. The van der Waals surface area contributed by atoms with Gasteiger partial charge in [-0.25, -0.2) is 0 Å². The largest absolute Gasteiger partial charge is 0.425 e. The number of nitrogens with two attached hydrogens (primary N) is 1. The minimum atomic E-state index is 0.645. The van der Waals surface area contributed by atoms with E-state index in [4.69, 9.17) is 14.9 Å². The third kappa shape index (κ3) is 4.90. The predicted octanol–water partition coefficient (Wildman–Crippen LogP) is 0.930. The molecular weight excluding hydrogens is 194 g/mol. The van der Waals surface area contributed by atoms with Gasteiger partial charge in [-0.15, -0.1) is 10.2 Å². The molecule has 1 rings (SSSR count). The van der Waals surface area contributed by atoms with Crippen LogP contribution < -0.4 is 5.73 Å². The Kier molecular flexibility index (Phi) is 5.96. The summed E-state index contributed by atoms with van der Waals surface area (Å²) in [6.45, 7) is 4.16. The van der Waals surface area contributed by atoms with E-state index in [0.717, 1.165) is 25.9 Å². The summed E-state index contributed by atoms with van der Waals surface area (Å²) in [5.41, 5.74) is 5.39. The third-order valence-electron chi connectivity index (χ3n) is 1.91. The first-order valence-corrected chi connectivity index (χ1v) is 5.46. The highest BCUT2D eigenvalue weighted by Crippen LogP contribution is 2.03. The molecule has 0 aliphatic rings. The minimum absolute atomic E-state index is 0.645. The lowest BCUT2D eigenvalue weighted by Crippen LogP contribution is -2.00. The third-order valence-corrected chi connectivity index (χ3v) is 1.91. The van der Waals surface area contributed by atoms with Crippen molar-refractivity contribution in [3.05, 3.63) is 11.8 Å². The molecule has 86 valence electrons. The maximum absolute atomic E-state index is 5.41. The van der Waals surface area contributed by atoms with Crippen LogP contribution in [-0.4, -0.2) is 30.0 Å². The Hall–Kier alpha value is -0.940. The van der Waals surface area contributed by atoms with Gasteiger partial charge in [0.1, 0.15) is 0 Å². The first-order valence-electron chi connectivity index (χ1n) is 5.46. The molecule has 0 atom stereocenters. The molecule has 0 unspecified atom stereocenters. The van der Waals surface area contributed by atoms with Gasteiger partial charge in [0, 0.05) is 19.4 Å². The zero-order valence-corrected chi connectivity index (χ0v) is 9.24. The van der Waals surface area contributed by atoms with Crippen LogP contribution in [0.15, 0.2) is 4.42 Å². The lowest BCUT2D eigenvalue weighted by Gasteiger charge is -1.98. The van der Waals surface area contributed by atoms with Gasteiger partial charge in [0.05, 0.1) is 6.61 Å². The number of hydrogen-bond acceptors (Lipinski definition) is 5. The maximum Gasteiger partial charge on any atom is 0.218 e. The van der Waals surface area contributed by atoms with Crippen molar-refractivity contribution in [2.45, 2.75) is 32.6 Å².